The number of thiophene rings is 1. The van der Waals surface area contributed by atoms with Crippen molar-refractivity contribution in [3.05, 3.63) is 79.8 Å². The average Bonchev–Trinajstić information content (AvgIpc) is 3.37. The van der Waals surface area contributed by atoms with Gasteiger partial charge in [-0.05, 0) is 35.9 Å². The summed E-state index contributed by atoms with van der Waals surface area (Å²) in [6.07, 6.45) is 0. The number of furan rings is 1. The van der Waals surface area contributed by atoms with E-state index >= 15 is 0 Å². The molecule has 1 N–H and O–H groups in total. The maximum atomic E-state index is 12.5. The van der Waals surface area contributed by atoms with Crippen LogP contribution in [0.2, 0.25) is 5.02 Å². The van der Waals surface area contributed by atoms with Crippen LogP contribution in [0, 0.1) is 0 Å². The number of esters is 1. The molecule has 0 unspecified atom stereocenters. The maximum Gasteiger partial charge on any atom is 0.373 e. The molecule has 0 atom stereocenters. The Morgan fingerprint density at radius 3 is 2.62 bits per heavy atom. The molecule has 0 spiro atoms. The molecule has 0 saturated heterocycles. The van der Waals surface area contributed by atoms with Crippen molar-refractivity contribution in [2.24, 2.45) is 0 Å². The van der Waals surface area contributed by atoms with Gasteiger partial charge in [0.2, 0.25) is 5.76 Å². The molecular weight excluding hydrogens is 420 g/mol. The smallest absolute Gasteiger partial charge is 0.373 e. The lowest BCUT2D eigenvalue weighted by Crippen LogP contribution is -2.38. The zero-order valence-corrected chi connectivity index (χ0v) is 16.5. The fourth-order valence-corrected chi connectivity index (χ4v) is 4.09. The number of rotatable bonds is 4. The van der Waals surface area contributed by atoms with Crippen molar-refractivity contribution < 1.29 is 19.2 Å². The number of hydrogen-bond acceptors (Lipinski definition) is 7. The van der Waals surface area contributed by atoms with Crippen molar-refractivity contribution in [2.75, 3.05) is 7.11 Å². The number of methoxy groups -OCH3 is 1. The van der Waals surface area contributed by atoms with E-state index in [2.05, 4.69) is 4.74 Å². The molecule has 0 bridgehead atoms. The number of carbonyl (C=O) groups excluding carboxylic acids is 1. The highest BCUT2D eigenvalue weighted by Gasteiger charge is 2.19. The quantitative estimate of drug-likeness (QED) is 0.392. The van der Waals surface area contributed by atoms with Crippen LogP contribution in [0.15, 0.2) is 56.5 Å². The van der Waals surface area contributed by atoms with Crippen LogP contribution in [0.3, 0.4) is 0 Å². The van der Waals surface area contributed by atoms with Gasteiger partial charge in [-0.15, -0.1) is 11.3 Å². The lowest BCUT2D eigenvalue weighted by molar-refractivity contribution is 0.0562. The number of nitrogens with zero attached hydrogens (tertiary/aromatic N) is 2. The van der Waals surface area contributed by atoms with Crippen LogP contribution in [-0.4, -0.2) is 27.6 Å². The Bertz CT molecular complexity index is 1350. The van der Waals surface area contributed by atoms with Crippen molar-refractivity contribution in [3.8, 4) is 10.4 Å². The van der Waals surface area contributed by atoms with E-state index < -0.39 is 17.2 Å². The molecular formula is C19H13ClN2O6S. The Balaban J connectivity index is 1.85. The summed E-state index contributed by atoms with van der Waals surface area (Å²) in [6, 6.07) is 11.7. The minimum Gasteiger partial charge on any atom is -0.463 e. The fourth-order valence-electron chi connectivity index (χ4n) is 2.87. The first-order valence-corrected chi connectivity index (χ1v) is 9.50. The molecule has 4 aromatic rings. The van der Waals surface area contributed by atoms with E-state index in [1.807, 2.05) is 0 Å². The Kier molecular flexibility index (Phi) is 4.77. The normalized spacial score (nSPS) is 11.1. The molecule has 0 aliphatic heterocycles. The predicted molar refractivity (Wildman–Crippen MR) is 107 cm³/mol. The Hall–Kier alpha value is -3.30. The molecule has 3 heterocycles. The largest absolute Gasteiger partial charge is 0.463 e. The summed E-state index contributed by atoms with van der Waals surface area (Å²) in [4.78, 5) is 37.2. The first kappa shape index (κ1) is 19.0. The molecule has 8 nitrogen and oxygen atoms in total. The SMILES string of the molecule is COC(=O)c1ccc(Cn2c(=O)n(O)c(=O)c3sc(-c4ccc(Cl)cc4)cc32)o1. The number of halogens is 1. The fraction of sp³-hybridized carbons (Fsp3) is 0.105. The molecule has 0 aliphatic carbocycles. The second-order valence-electron chi connectivity index (χ2n) is 6.08. The standard InChI is InChI=1S/C19H13ClN2O6S/c1-27-18(24)14-7-6-12(28-14)9-21-13-8-15(10-2-4-11(20)5-3-10)29-16(13)17(23)22(26)19(21)25/h2-8,26H,9H2,1H3. The van der Waals surface area contributed by atoms with E-state index in [1.165, 1.54) is 23.8 Å². The number of ether oxygens (including phenoxy) is 1. The summed E-state index contributed by atoms with van der Waals surface area (Å²) >= 11 is 7.07. The minimum atomic E-state index is -0.918. The van der Waals surface area contributed by atoms with E-state index in [0.717, 1.165) is 21.8 Å². The number of carbonyl (C=O) groups is 1. The third-order valence-corrected chi connectivity index (χ3v) is 5.71. The molecule has 0 radical (unpaired) electrons. The van der Waals surface area contributed by atoms with Crippen LogP contribution < -0.4 is 11.2 Å². The Labute approximate surface area is 171 Å². The van der Waals surface area contributed by atoms with Gasteiger partial charge < -0.3 is 14.4 Å². The number of benzene rings is 1. The van der Waals surface area contributed by atoms with Crippen LogP contribution in [0.5, 0.6) is 0 Å². The molecule has 0 amide bonds. The second-order valence-corrected chi connectivity index (χ2v) is 7.56. The van der Waals surface area contributed by atoms with Crippen LogP contribution in [0.4, 0.5) is 0 Å². The van der Waals surface area contributed by atoms with E-state index in [0.29, 0.717) is 10.5 Å². The summed E-state index contributed by atoms with van der Waals surface area (Å²) in [5, 5.41) is 10.5. The van der Waals surface area contributed by atoms with Crippen LogP contribution >= 0.6 is 22.9 Å². The zero-order valence-electron chi connectivity index (χ0n) is 14.9. The van der Waals surface area contributed by atoms with Crippen LogP contribution in [-0.2, 0) is 11.3 Å². The van der Waals surface area contributed by atoms with Crippen molar-refractivity contribution in [1.29, 1.82) is 0 Å². The average molecular weight is 433 g/mol. The molecule has 148 valence electrons. The number of hydrogen-bond donors (Lipinski definition) is 1. The van der Waals surface area contributed by atoms with Gasteiger partial charge >= 0.3 is 17.2 Å². The summed E-state index contributed by atoms with van der Waals surface area (Å²) < 4.78 is 11.5. The molecule has 3 aromatic heterocycles. The topological polar surface area (TPSA) is 104 Å². The van der Waals surface area contributed by atoms with Crippen molar-refractivity contribution in [3.63, 3.8) is 0 Å². The number of fused-ring (bicyclic) bond motifs is 1. The van der Waals surface area contributed by atoms with Gasteiger partial charge in [0.05, 0.1) is 19.2 Å². The van der Waals surface area contributed by atoms with E-state index in [4.69, 9.17) is 16.0 Å². The zero-order chi connectivity index (χ0) is 20.7. The monoisotopic (exact) mass is 432 g/mol. The first-order valence-electron chi connectivity index (χ1n) is 8.30. The van der Waals surface area contributed by atoms with Crippen LogP contribution in [0.25, 0.3) is 20.7 Å². The van der Waals surface area contributed by atoms with Gasteiger partial charge in [-0.25, -0.2) is 9.59 Å². The van der Waals surface area contributed by atoms with Crippen LogP contribution in [0.1, 0.15) is 16.3 Å². The maximum absolute atomic E-state index is 12.5. The summed E-state index contributed by atoms with van der Waals surface area (Å²) in [5.74, 6) is -0.385. The van der Waals surface area contributed by atoms with Gasteiger partial charge in [-0.2, -0.15) is 0 Å². The van der Waals surface area contributed by atoms with Gasteiger partial charge in [0.15, 0.2) is 0 Å². The third-order valence-electron chi connectivity index (χ3n) is 4.29. The predicted octanol–water partition coefficient (Wildman–Crippen LogP) is 3.21. The summed E-state index contributed by atoms with van der Waals surface area (Å²) in [7, 11) is 1.23. The second kappa shape index (κ2) is 7.26. The third kappa shape index (κ3) is 3.34. The molecule has 0 fully saturated rings. The molecule has 10 heteroatoms. The van der Waals surface area contributed by atoms with Gasteiger partial charge in [0, 0.05) is 9.90 Å². The lowest BCUT2D eigenvalue weighted by Gasteiger charge is -2.06. The highest BCUT2D eigenvalue weighted by molar-refractivity contribution is 7.22. The van der Waals surface area contributed by atoms with E-state index in [9.17, 15) is 19.6 Å². The van der Waals surface area contributed by atoms with E-state index in [-0.39, 0.29) is 27.5 Å². The molecule has 0 aliphatic rings. The highest BCUT2D eigenvalue weighted by Crippen LogP contribution is 2.32. The number of aromatic nitrogens is 2. The van der Waals surface area contributed by atoms with Crippen molar-refractivity contribution >= 4 is 39.1 Å². The van der Waals surface area contributed by atoms with Gasteiger partial charge in [0.25, 0.3) is 0 Å². The molecule has 1 aromatic carbocycles. The van der Waals surface area contributed by atoms with E-state index in [1.54, 1.807) is 30.3 Å². The van der Waals surface area contributed by atoms with Gasteiger partial charge in [-0.3, -0.25) is 9.36 Å². The Morgan fingerprint density at radius 1 is 1.21 bits per heavy atom. The van der Waals surface area contributed by atoms with Gasteiger partial charge in [0.1, 0.15) is 10.5 Å². The lowest BCUT2D eigenvalue weighted by atomic mass is 10.2. The Morgan fingerprint density at radius 2 is 1.93 bits per heavy atom. The van der Waals surface area contributed by atoms with Crippen molar-refractivity contribution in [2.45, 2.75) is 6.54 Å². The summed E-state index contributed by atoms with van der Waals surface area (Å²) in [5.41, 5.74) is -0.569. The van der Waals surface area contributed by atoms with Gasteiger partial charge in [-0.1, -0.05) is 28.5 Å². The minimum absolute atomic E-state index is 0.0173. The first-order chi connectivity index (χ1) is 13.9. The highest BCUT2D eigenvalue weighted by atomic mass is 35.5. The molecule has 29 heavy (non-hydrogen) atoms. The molecule has 4 rings (SSSR count). The summed E-state index contributed by atoms with van der Waals surface area (Å²) in [6.45, 7) is -0.0933. The van der Waals surface area contributed by atoms with Crippen molar-refractivity contribution in [1.82, 2.24) is 9.30 Å². The molecule has 0 saturated carbocycles.